The summed E-state index contributed by atoms with van der Waals surface area (Å²) in [7, 11) is 1.53. The van der Waals surface area contributed by atoms with Crippen LogP contribution in [0.4, 0.5) is 0 Å². The Morgan fingerprint density at radius 3 is 2.67 bits per heavy atom. The van der Waals surface area contributed by atoms with Crippen molar-refractivity contribution in [3.63, 3.8) is 0 Å². The van der Waals surface area contributed by atoms with E-state index in [9.17, 15) is 4.79 Å². The van der Waals surface area contributed by atoms with Gasteiger partial charge in [-0.15, -0.1) is 0 Å². The summed E-state index contributed by atoms with van der Waals surface area (Å²) in [5.41, 5.74) is 0.197. The summed E-state index contributed by atoms with van der Waals surface area (Å²) in [5, 5.41) is 3.56. The minimum atomic E-state index is -0.488. The van der Waals surface area contributed by atoms with E-state index in [1.54, 1.807) is 18.2 Å². The maximum absolute atomic E-state index is 11.5. The van der Waals surface area contributed by atoms with Gasteiger partial charge < -0.3 is 14.0 Å². The molecule has 1 N–H and O–H groups in total. The summed E-state index contributed by atoms with van der Waals surface area (Å²) in [5.74, 6) is 0.968. The average Bonchev–Trinajstić information content (AvgIpc) is 2.73. The van der Waals surface area contributed by atoms with Crippen LogP contribution >= 0.6 is 11.6 Å². The molecule has 1 heterocycles. The number of hydrogen-bond acceptors (Lipinski definition) is 4. The van der Waals surface area contributed by atoms with E-state index in [1.807, 2.05) is 13.8 Å². The summed E-state index contributed by atoms with van der Waals surface area (Å²) >= 11 is 6.23. The highest BCUT2D eigenvalue weighted by molar-refractivity contribution is 6.32. The Morgan fingerprint density at radius 1 is 1.43 bits per heavy atom. The first-order valence-electron chi connectivity index (χ1n) is 6.34. The van der Waals surface area contributed by atoms with Gasteiger partial charge in [-0.3, -0.25) is 0 Å². The van der Waals surface area contributed by atoms with Gasteiger partial charge in [-0.2, -0.15) is 0 Å². The van der Waals surface area contributed by atoms with E-state index in [1.165, 1.54) is 7.11 Å². The summed E-state index contributed by atoms with van der Waals surface area (Å²) in [4.78, 5) is 11.5. The summed E-state index contributed by atoms with van der Waals surface area (Å²) in [6.45, 7) is 7.49. The van der Waals surface area contributed by atoms with Crippen LogP contribution in [0.25, 0.3) is 12.7 Å². The van der Waals surface area contributed by atoms with Crippen molar-refractivity contribution in [2.75, 3.05) is 7.11 Å². The first kappa shape index (κ1) is 15.3. The molecule has 0 bridgehead atoms. The number of nitrogens with one attached hydrogen (secondary N) is 1. The molecule has 0 aliphatic heterocycles. The number of hydrogen-bond donors (Lipinski definition) is 1. The van der Waals surface area contributed by atoms with Gasteiger partial charge in [0.1, 0.15) is 0 Å². The normalized spacial score (nSPS) is 12.0. The minimum Gasteiger partial charge on any atom is -0.493 e. The van der Waals surface area contributed by atoms with Crippen LogP contribution in [0.3, 0.4) is 0 Å². The zero-order valence-corrected chi connectivity index (χ0v) is 12.8. The fourth-order valence-corrected chi connectivity index (χ4v) is 2.09. The third kappa shape index (κ3) is 3.31. The van der Waals surface area contributed by atoms with Gasteiger partial charge in [-0.05, 0) is 37.6 Å². The molecule has 5 nitrogen and oxygen atoms in total. The fourth-order valence-electron chi connectivity index (χ4n) is 1.83. The molecule has 1 aromatic carbocycles. The molecule has 0 spiro atoms. The predicted octanol–water partition coefficient (Wildman–Crippen LogP) is 1.66. The Balaban J connectivity index is 2.58. The van der Waals surface area contributed by atoms with Crippen molar-refractivity contribution in [1.82, 2.24) is 5.16 Å². The van der Waals surface area contributed by atoms with Gasteiger partial charge in [-0.25, -0.2) is 9.95 Å². The second-order valence-corrected chi connectivity index (χ2v) is 5.14. The van der Waals surface area contributed by atoms with Crippen molar-refractivity contribution in [2.45, 2.75) is 20.0 Å². The third-order valence-corrected chi connectivity index (χ3v) is 3.01. The first-order valence-corrected chi connectivity index (χ1v) is 6.72. The second kappa shape index (κ2) is 6.10. The van der Waals surface area contributed by atoms with E-state index in [-0.39, 0.29) is 6.10 Å². The minimum absolute atomic E-state index is 0.0330. The van der Waals surface area contributed by atoms with Crippen molar-refractivity contribution in [2.24, 2.45) is 0 Å². The van der Waals surface area contributed by atoms with Crippen LogP contribution in [0, 0.1) is 0 Å². The molecule has 0 amide bonds. The standard InChI is InChI=1S/C15H16ClNO4/c1-8(2)20-14-12(16)6-10(7-13(14)19-4)5-11-9(3)17-21-15(11)18/h5-8,17H,3H2,1-2,4H3. The Labute approximate surface area is 126 Å². The number of aromatic amines is 1. The predicted molar refractivity (Wildman–Crippen MR) is 81.4 cm³/mol. The maximum atomic E-state index is 11.5. The van der Waals surface area contributed by atoms with Crippen LogP contribution in [0.2, 0.25) is 5.02 Å². The molecule has 0 saturated heterocycles. The zero-order chi connectivity index (χ0) is 15.6. The number of halogens is 1. The van der Waals surface area contributed by atoms with Crippen LogP contribution in [-0.4, -0.2) is 18.4 Å². The van der Waals surface area contributed by atoms with Gasteiger partial charge in [0.25, 0.3) is 0 Å². The molecule has 0 radical (unpaired) electrons. The van der Waals surface area contributed by atoms with Gasteiger partial charge in [0.2, 0.25) is 0 Å². The molecular formula is C15H16ClNO4. The molecule has 6 heteroatoms. The van der Waals surface area contributed by atoms with Crippen LogP contribution in [0.1, 0.15) is 19.4 Å². The molecule has 0 fully saturated rings. The molecule has 0 unspecified atom stereocenters. The van der Waals surface area contributed by atoms with Crippen molar-refractivity contribution in [3.8, 4) is 11.5 Å². The molecule has 2 rings (SSSR count). The van der Waals surface area contributed by atoms with Crippen molar-refractivity contribution in [1.29, 1.82) is 0 Å². The molecule has 2 aromatic rings. The molecule has 0 aliphatic rings. The molecule has 21 heavy (non-hydrogen) atoms. The lowest BCUT2D eigenvalue weighted by molar-refractivity contribution is 0.230. The van der Waals surface area contributed by atoms with E-state index in [0.717, 1.165) is 0 Å². The highest BCUT2D eigenvalue weighted by Gasteiger charge is 2.13. The number of rotatable bonds is 4. The van der Waals surface area contributed by atoms with Crippen LogP contribution in [-0.2, 0) is 0 Å². The van der Waals surface area contributed by atoms with Gasteiger partial charge in [-0.1, -0.05) is 18.2 Å². The lowest BCUT2D eigenvalue weighted by Crippen LogP contribution is -2.31. The lowest BCUT2D eigenvalue weighted by atomic mass is 10.1. The van der Waals surface area contributed by atoms with Crippen molar-refractivity contribution < 1.29 is 14.0 Å². The van der Waals surface area contributed by atoms with E-state index in [0.29, 0.717) is 32.7 Å². The van der Waals surface area contributed by atoms with E-state index >= 15 is 0 Å². The number of benzene rings is 1. The molecule has 0 atom stereocenters. The lowest BCUT2D eigenvalue weighted by Gasteiger charge is -2.15. The monoisotopic (exact) mass is 309 g/mol. The highest BCUT2D eigenvalue weighted by atomic mass is 35.5. The molecule has 0 aliphatic carbocycles. The van der Waals surface area contributed by atoms with Gasteiger partial charge in [0.15, 0.2) is 11.5 Å². The number of aromatic nitrogens is 1. The fraction of sp³-hybridized carbons (Fsp3) is 0.267. The third-order valence-electron chi connectivity index (χ3n) is 2.73. The van der Waals surface area contributed by atoms with Gasteiger partial charge in [0, 0.05) is 0 Å². The number of methoxy groups -OCH3 is 1. The second-order valence-electron chi connectivity index (χ2n) is 4.73. The smallest absolute Gasteiger partial charge is 0.365 e. The van der Waals surface area contributed by atoms with Gasteiger partial charge >= 0.3 is 5.63 Å². The van der Waals surface area contributed by atoms with Crippen LogP contribution in [0.5, 0.6) is 11.5 Å². The van der Waals surface area contributed by atoms with Crippen LogP contribution in [0.15, 0.2) is 21.5 Å². The van der Waals surface area contributed by atoms with Crippen LogP contribution < -0.4 is 25.7 Å². The summed E-state index contributed by atoms with van der Waals surface area (Å²) in [6, 6.07) is 3.42. The van der Waals surface area contributed by atoms with Gasteiger partial charge in [0.05, 0.1) is 28.8 Å². The van der Waals surface area contributed by atoms with E-state index in [2.05, 4.69) is 16.3 Å². The zero-order valence-electron chi connectivity index (χ0n) is 12.0. The topological polar surface area (TPSA) is 64.5 Å². The Morgan fingerprint density at radius 2 is 2.14 bits per heavy atom. The highest BCUT2D eigenvalue weighted by Crippen LogP contribution is 2.37. The number of H-pyrrole nitrogens is 1. The maximum Gasteiger partial charge on any atom is 0.365 e. The van der Waals surface area contributed by atoms with E-state index < -0.39 is 5.63 Å². The summed E-state index contributed by atoms with van der Waals surface area (Å²) in [6.07, 6.45) is 1.59. The van der Waals surface area contributed by atoms with Crippen molar-refractivity contribution >= 4 is 24.3 Å². The molecule has 0 saturated carbocycles. The number of ether oxygens (including phenoxy) is 2. The molecular weight excluding hydrogens is 294 g/mol. The molecule has 112 valence electrons. The summed E-state index contributed by atoms with van der Waals surface area (Å²) < 4.78 is 15.6. The Hall–Kier alpha value is -2.14. The largest absolute Gasteiger partial charge is 0.493 e. The Kier molecular flexibility index (Phi) is 4.43. The SMILES string of the molecule is C=c1[nH]oc(=O)c1=Cc1cc(Cl)c(OC(C)C)c(OC)c1. The molecule has 1 aromatic heterocycles. The Bertz CT molecular complexity index is 774. The van der Waals surface area contributed by atoms with Crippen molar-refractivity contribution in [3.05, 3.63) is 43.7 Å². The van der Waals surface area contributed by atoms with E-state index in [4.69, 9.17) is 21.1 Å². The first-order chi connectivity index (χ1) is 9.92. The quantitative estimate of drug-likeness (QED) is 0.933. The average molecular weight is 310 g/mol.